The third-order valence-electron chi connectivity index (χ3n) is 2.13. The fourth-order valence-electron chi connectivity index (χ4n) is 1.31. The molecule has 0 bridgehead atoms. The van der Waals surface area contributed by atoms with Gasteiger partial charge in [0, 0.05) is 5.54 Å². The Labute approximate surface area is 113 Å². The molecule has 1 rings (SSSR count). The van der Waals surface area contributed by atoms with Crippen molar-refractivity contribution in [2.45, 2.75) is 33.2 Å². The third kappa shape index (κ3) is 6.45. The van der Waals surface area contributed by atoms with E-state index in [-0.39, 0.29) is 12.1 Å². The highest BCUT2D eigenvalue weighted by atomic mass is 16.5. The van der Waals surface area contributed by atoms with Crippen LogP contribution in [0.5, 0.6) is 5.75 Å². The van der Waals surface area contributed by atoms with Gasteiger partial charge in [-0.25, -0.2) is 9.59 Å². The molecule has 0 spiro atoms. The molecule has 19 heavy (non-hydrogen) atoms. The molecule has 0 heterocycles. The number of amides is 2. The first kappa shape index (κ1) is 15.0. The minimum Gasteiger partial charge on any atom is -0.425 e. The van der Waals surface area contributed by atoms with Crippen LogP contribution in [0.3, 0.4) is 0 Å². The first-order valence-corrected chi connectivity index (χ1v) is 6.09. The number of nitrogens with one attached hydrogen (secondary N) is 2. The highest BCUT2D eigenvalue weighted by molar-refractivity contribution is 5.82. The van der Waals surface area contributed by atoms with Gasteiger partial charge < -0.3 is 15.4 Å². The smallest absolute Gasteiger partial charge is 0.330 e. The SMILES string of the molecule is Cc1ccc(OC(=O)CNC(=O)NC(C)(C)C)cc1. The standard InChI is InChI=1S/C14H20N2O3/c1-10-5-7-11(8-6-10)19-12(17)9-15-13(18)16-14(2,3)4/h5-8H,9H2,1-4H3,(H2,15,16,18). The molecule has 2 N–H and O–H groups in total. The topological polar surface area (TPSA) is 67.4 Å². The van der Waals surface area contributed by atoms with Crippen LogP contribution in [0.2, 0.25) is 0 Å². The summed E-state index contributed by atoms with van der Waals surface area (Å²) in [6, 6.07) is 6.73. The first-order valence-electron chi connectivity index (χ1n) is 6.09. The van der Waals surface area contributed by atoms with Crippen molar-refractivity contribution in [1.29, 1.82) is 0 Å². The van der Waals surface area contributed by atoms with E-state index in [1.165, 1.54) is 0 Å². The van der Waals surface area contributed by atoms with Crippen molar-refractivity contribution >= 4 is 12.0 Å². The first-order chi connectivity index (χ1) is 8.76. The van der Waals surface area contributed by atoms with Crippen LogP contribution in [0.1, 0.15) is 26.3 Å². The zero-order chi connectivity index (χ0) is 14.5. The van der Waals surface area contributed by atoms with E-state index in [9.17, 15) is 9.59 Å². The van der Waals surface area contributed by atoms with Gasteiger partial charge in [0.25, 0.3) is 0 Å². The second-order valence-corrected chi connectivity index (χ2v) is 5.34. The monoisotopic (exact) mass is 264 g/mol. The zero-order valence-electron chi connectivity index (χ0n) is 11.7. The molecule has 0 unspecified atom stereocenters. The van der Waals surface area contributed by atoms with Gasteiger partial charge in [-0.15, -0.1) is 0 Å². The van der Waals surface area contributed by atoms with Crippen LogP contribution >= 0.6 is 0 Å². The van der Waals surface area contributed by atoms with Crippen molar-refractivity contribution in [3.63, 3.8) is 0 Å². The van der Waals surface area contributed by atoms with Crippen molar-refractivity contribution in [1.82, 2.24) is 10.6 Å². The van der Waals surface area contributed by atoms with E-state index in [1.54, 1.807) is 12.1 Å². The van der Waals surface area contributed by atoms with E-state index in [2.05, 4.69) is 10.6 Å². The van der Waals surface area contributed by atoms with E-state index in [0.29, 0.717) is 5.75 Å². The highest BCUT2D eigenvalue weighted by Gasteiger charge is 2.14. The van der Waals surface area contributed by atoms with Gasteiger partial charge in [0.1, 0.15) is 12.3 Å². The van der Waals surface area contributed by atoms with Crippen LogP contribution in [0, 0.1) is 6.92 Å². The van der Waals surface area contributed by atoms with Crippen molar-refractivity contribution in [2.24, 2.45) is 0 Å². The Morgan fingerprint density at radius 2 is 1.74 bits per heavy atom. The van der Waals surface area contributed by atoms with Crippen LogP contribution in [0.25, 0.3) is 0 Å². The predicted octanol–water partition coefficient (Wildman–Crippen LogP) is 2.00. The Hall–Kier alpha value is -2.04. The summed E-state index contributed by atoms with van der Waals surface area (Å²) in [7, 11) is 0. The van der Waals surface area contributed by atoms with Gasteiger partial charge in [-0.1, -0.05) is 17.7 Å². The van der Waals surface area contributed by atoms with Gasteiger partial charge >= 0.3 is 12.0 Å². The largest absolute Gasteiger partial charge is 0.425 e. The number of rotatable bonds is 3. The molecule has 0 saturated carbocycles. The number of urea groups is 1. The number of hydrogen-bond donors (Lipinski definition) is 2. The van der Waals surface area contributed by atoms with Crippen LogP contribution < -0.4 is 15.4 Å². The van der Waals surface area contributed by atoms with E-state index < -0.39 is 12.0 Å². The maximum Gasteiger partial charge on any atom is 0.330 e. The minimum absolute atomic E-state index is 0.171. The molecule has 0 atom stereocenters. The number of aryl methyl sites for hydroxylation is 1. The Bertz CT molecular complexity index is 447. The molecule has 0 aliphatic heterocycles. The van der Waals surface area contributed by atoms with Crippen LogP contribution in [-0.2, 0) is 4.79 Å². The maximum atomic E-state index is 11.5. The summed E-state index contributed by atoms with van der Waals surface area (Å²) in [5.41, 5.74) is 0.743. The summed E-state index contributed by atoms with van der Waals surface area (Å²) in [5.74, 6) is -0.0402. The summed E-state index contributed by atoms with van der Waals surface area (Å²) >= 11 is 0. The summed E-state index contributed by atoms with van der Waals surface area (Å²) in [6.07, 6.45) is 0. The lowest BCUT2D eigenvalue weighted by atomic mass is 10.1. The van der Waals surface area contributed by atoms with E-state index in [1.807, 2.05) is 39.8 Å². The number of benzene rings is 1. The van der Waals surface area contributed by atoms with Gasteiger partial charge in [-0.2, -0.15) is 0 Å². The van der Waals surface area contributed by atoms with Crippen molar-refractivity contribution in [2.75, 3.05) is 6.54 Å². The molecule has 5 nitrogen and oxygen atoms in total. The molecule has 1 aromatic rings. The molecule has 0 aromatic heterocycles. The fraction of sp³-hybridized carbons (Fsp3) is 0.429. The Balaban J connectivity index is 2.36. The van der Waals surface area contributed by atoms with Crippen LogP contribution in [0.15, 0.2) is 24.3 Å². The third-order valence-corrected chi connectivity index (χ3v) is 2.13. The normalized spacial score (nSPS) is 10.7. The molecular weight excluding hydrogens is 244 g/mol. The average molecular weight is 264 g/mol. The van der Waals surface area contributed by atoms with Crippen molar-refractivity contribution < 1.29 is 14.3 Å². The zero-order valence-corrected chi connectivity index (χ0v) is 11.7. The minimum atomic E-state index is -0.507. The Morgan fingerprint density at radius 3 is 2.26 bits per heavy atom. The molecule has 1 aromatic carbocycles. The molecule has 104 valence electrons. The quantitative estimate of drug-likeness (QED) is 0.648. The van der Waals surface area contributed by atoms with Gasteiger partial charge in [0.05, 0.1) is 0 Å². The number of ether oxygens (including phenoxy) is 1. The van der Waals surface area contributed by atoms with Crippen molar-refractivity contribution in [3.05, 3.63) is 29.8 Å². The van der Waals surface area contributed by atoms with Crippen LogP contribution in [-0.4, -0.2) is 24.1 Å². The second kappa shape index (κ2) is 6.22. The summed E-state index contributed by atoms with van der Waals surface area (Å²) in [4.78, 5) is 22.9. The molecule has 0 radical (unpaired) electrons. The molecular formula is C14H20N2O3. The van der Waals surface area contributed by atoms with Gasteiger partial charge in [0.15, 0.2) is 0 Å². The van der Waals surface area contributed by atoms with E-state index in [4.69, 9.17) is 4.74 Å². The van der Waals surface area contributed by atoms with E-state index in [0.717, 1.165) is 5.56 Å². The van der Waals surface area contributed by atoms with Gasteiger partial charge in [-0.05, 0) is 39.8 Å². The maximum absolute atomic E-state index is 11.5. The molecule has 0 aliphatic rings. The Kier molecular flexibility index (Phi) is 4.92. The number of esters is 1. The molecule has 0 fully saturated rings. The average Bonchev–Trinajstić information content (AvgIpc) is 2.27. The van der Waals surface area contributed by atoms with Gasteiger partial charge in [-0.3, -0.25) is 0 Å². The number of carbonyl (C=O) groups is 2. The van der Waals surface area contributed by atoms with Crippen molar-refractivity contribution in [3.8, 4) is 5.75 Å². The lowest BCUT2D eigenvalue weighted by molar-refractivity contribution is -0.133. The predicted molar refractivity (Wildman–Crippen MR) is 73.1 cm³/mol. The van der Waals surface area contributed by atoms with E-state index >= 15 is 0 Å². The molecule has 5 heteroatoms. The lowest BCUT2D eigenvalue weighted by Crippen LogP contribution is -2.48. The Morgan fingerprint density at radius 1 is 1.16 bits per heavy atom. The summed E-state index contributed by atoms with van der Waals surface area (Å²) in [5, 5.41) is 5.13. The molecule has 0 saturated heterocycles. The van der Waals surface area contributed by atoms with Gasteiger partial charge in [0.2, 0.25) is 0 Å². The summed E-state index contributed by atoms with van der Waals surface area (Å²) in [6.45, 7) is 7.35. The lowest BCUT2D eigenvalue weighted by Gasteiger charge is -2.20. The second-order valence-electron chi connectivity index (χ2n) is 5.34. The number of hydrogen-bond acceptors (Lipinski definition) is 3. The molecule has 0 aliphatic carbocycles. The number of carbonyl (C=O) groups excluding carboxylic acids is 2. The molecule has 2 amide bonds. The highest BCUT2D eigenvalue weighted by Crippen LogP contribution is 2.11. The van der Waals surface area contributed by atoms with Crippen LogP contribution in [0.4, 0.5) is 4.79 Å². The summed E-state index contributed by atoms with van der Waals surface area (Å²) < 4.78 is 5.07. The fourth-order valence-corrected chi connectivity index (χ4v) is 1.31.